The highest BCUT2D eigenvalue weighted by Crippen LogP contribution is 2.21. The number of rotatable bonds is 6. The van der Waals surface area contributed by atoms with Crippen molar-refractivity contribution in [3.8, 4) is 0 Å². The number of thioether (sulfide) groups is 1. The van der Waals surface area contributed by atoms with Gasteiger partial charge in [-0.05, 0) is 19.1 Å². The van der Waals surface area contributed by atoms with Crippen molar-refractivity contribution in [2.45, 2.75) is 13.0 Å². The Labute approximate surface area is 163 Å². The van der Waals surface area contributed by atoms with Crippen LogP contribution in [0.4, 0.5) is 5.69 Å². The van der Waals surface area contributed by atoms with Crippen LogP contribution in [0.15, 0.2) is 36.7 Å². The summed E-state index contributed by atoms with van der Waals surface area (Å²) in [5.41, 5.74) is 1.92. The van der Waals surface area contributed by atoms with E-state index in [4.69, 9.17) is 0 Å². The maximum absolute atomic E-state index is 12.7. The van der Waals surface area contributed by atoms with Gasteiger partial charge in [-0.2, -0.15) is 0 Å². The highest BCUT2D eigenvalue weighted by Gasteiger charge is 2.30. The summed E-state index contributed by atoms with van der Waals surface area (Å²) in [6.45, 7) is 4.11. The molecule has 7 nitrogen and oxygen atoms in total. The predicted octanol–water partition coefficient (Wildman–Crippen LogP) is 1.57. The van der Waals surface area contributed by atoms with Gasteiger partial charge in [0.05, 0.1) is 11.5 Å². The molecule has 0 radical (unpaired) electrons. The van der Waals surface area contributed by atoms with E-state index in [1.807, 2.05) is 53.9 Å². The van der Waals surface area contributed by atoms with Crippen molar-refractivity contribution in [1.29, 1.82) is 0 Å². The number of aryl methyl sites for hydroxylation is 2. The van der Waals surface area contributed by atoms with Gasteiger partial charge in [0, 0.05) is 44.8 Å². The molecule has 0 spiro atoms. The number of carbonyl (C=O) groups is 2. The quantitative estimate of drug-likeness (QED) is 0.787. The van der Waals surface area contributed by atoms with Gasteiger partial charge in [-0.3, -0.25) is 9.59 Å². The minimum absolute atomic E-state index is 0.0395. The van der Waals surface area contributed by atoms with Gasteiger partial charge in [-0.15, -0.1) is 11.8 Å². The maximum atomic E-state index is 12.7. The summed E-state index contributed by atoms with van der Waals surface area (Å²) in [7, 11) is 1.93. The first kappa shape index (κ1) is 19.4. The molecule has 2 N–H and O–H groups in total. The van der Waals surface area contributed by atoms with E-state index in [0.717, 1.165) is 23.6 Å². The zero-order valence-corrected chi connectivity index (χ0v) is 16.5. The highest BCUT2D eigenvalue weighted by molar-refractivity contribution is 8.00. The molecule has 1 atom stereocenters. The molecule has 0 aliphatic carbocycles. The fourth-order valence-electron chi connectivity index (χ4n) is 3.08. The lowest BCUT2D eigenvalue weighted by atomic mass is 10.1. The number of amides is 2. The Morgan fingerprint density at radius 1 is 1.30 bits per heavy atom. The molecule has 1 aliphatic heterocycles. The summed E-state index contributed by atoms with van der Waals surface area (Å²) in [4.78, 5) is 31.0. The Morgan fingerprint density at radius 2 is 2.07 bits per heavy atom. The first-order valence-electron chi connectivity index (χ1n) is 8.96. The van der Waals surface area contributed by atoms with E-state index < -0.39 is 0 Å². The van der Waals surface area contributed by atoms with Gasteiger partial charge < -0.3 is 20.1 Å². The molecule has 1 unspecified atom stereocenters. The molecule has 2 heterocycles. The number of anilines is 1. The third kappa shape index (κ3) is 5.11. The van der Waals surface area contributed by atoms with Crippen LogP contribution in [0.5, 0.6) is 0 Å². The van der Waals surface area contributed by atoms with E-state index in [2.05, 4.69) is 15.6 Å². The number of nitrogens with one attached hydrogen (secondary N) is 2. The molecule has 1 saturated heterocycles. The van der Waals surface area contributed by atoms with E-state index in [1.54, 1.807) is 6.20 Å². The number of aromatic nitrogens is 2. The SMILES string of the molecule is Cc1ccc(NC(=O)CSCC(=O)N2CCNCC2c2nccn2C)cc1. The van der Waals surface area contributed by atoms with Crippen LogP contribution in [0.25, 0.3) is 0 Å². The third-order valence-electron chi connectivity index (χ3n) is 4.51. The number of benzene rings is 1. The third-order valence-corrected chi connectivity index (χ3v) is 5.43. The molecule has 8 heteroatoms. The van der Waals surface area contributed by atoms with Crippen LogP contribution < -0.4 is 10.6 Å². The summed E-state index contributed by atoms with van der Waals surface area (Å²) in [5.74, 6) is 1.34. The van der Waals surface area contributed by atoms with Crippen LogP contribution >= 0.6 is 11.8 Å². The van der Waals surface area contributed by atoms with Crippen LogP contribution in [0.1, 0.15) is 17.4 Å². The summed E-state index contributed by atoms with van der Waals surface area (Å²) < 4.78 is 1.94. The van der Waals surface area contributed by atoms with Gasteiger partial charge in [0.2, 0.25) is 11.8 Å². The van der Waals surface area contributed by atoms with Gasteiger partial charge >= 0.3 is 0 Å². The Hall–Kier alpha value is -2.32. The van der Waals surface area contributed by atoms with E-state index >= 15 is 0 Å². The number of piperazine rings is 1. The molecule has 3 rings (SSSR count). The van der Waals surface area contributed by atoms with Crippen molar-refractivity contribution in [1.82, 2.24) is 19.8 Å². The second-order valence-corrected chi connectivity index (χ2v) is 7.60. The lowest BCUT2D eigenvalue weighted by Crippen LogP contribution is -2.50. The van der Waals surface area contributed by atoms with Gasteiger partial charge in [0.15, 0.2) is 0 Å². The summed E-state index contributed by atoms with van der Waals surface area (Å²) >= 11 is 1.34. The molecule has 1 aliphatic rings. The van der Waals surface area contributed by atoms with Crippen molar-refractivity contribution in [3.05, 3.63) is 48.0 Å². The van der Waals surface area contributed by atoms with Crippen molar-refractivity contribution >= 4 is 29.3 Å². The van der Waals surface area contributed by atoms with Gasteiger partial charge in [0.1, 0.15) is 11.9 Å². The molecule has 0 bridgehead atoms. The Morgan fingerprint density at radius 3 is 2.78 bits per heavy atom. The predicted molar refractivity (Wildman–Crippen MR) is 108 cm³/mol. The minimum Gasteiger partial charge on any atom is -0.336 e. The lowest BCUT2D eigenvalue weighted by Gasteiger charge is -2.35. The molecule has 1 fully saturated rings. The topological polar surface area (TPSA) is 79.3 Å². The van der Waals surface area contributed by atoms with E-state index in [-0.39, 0.29) is 29.4 Å². The first-order valence-corrected chi connectivity index (χ1v) is 10.1. The standard InChI is InChI=1S/C19H25N5O2S/c1-14-3-5-15(6-4-14)22-17(25)12-27-13-18(26)24-10-7-20-11-16(24)19-21-8-9-23(19)2/h3-6,8-9,16,20H,7,10-13H2,1-2H3,(H,22,25). The summed E-state index contributed by atoms with van der Waals surface area (Å²) in [6.07, 6.45) is 3.63. The highest BCUT2D eigenvalue weighted by atomic mass is 32.2. The second kappa shape index (κ2) is 9.05. The van der Waals surface area contributed by atoms with Crippen molar-refractivity contribution in [2.75, 3.05) is 36.5 Å². The molecule has 27 heavy (non-hydrogen) atoms. The lowest BCUT2D eigenvalue weighted by molar-refractivity contribution is -0.131. The summed E-state index contributed by atoms with van der Waals surface area (Å²) in [6, 6.07) is 7.58. The average Bonchev–Trinajstić information content (AvgIpc) is 3.09. The molecule has 144 valence electrons. The van der Waals surface area contributed by atoms with Gasteiger partial charge in [-0.1, -0.05) is 17.7 Å². The van der Waals surface area contributed by atoms with Crippen molar-refractivity contribution < 1.29 is 9.59 Å². The smallest absolute Gasteiger partial charge is 0.234 e. The number of nitrogens with zero attached hydrogens (tertiary/aromatic N) is 3. The van der Waals surface area contributed by atoms with Crippen LogP contribution in [0, 0.1) is 6.92 Å². The average molecular weight is 388 g/mol. The molecule has 1 aromatic heterocycles. The number of imidazole rings is 1. The molecule has 1 aromatic carbocycles. The van der Waals surface area contributed by atoms with Crippen molar-refractivity contribution in [3.63, 3.8) is 0 Å². The first-order chi connectivity index (χ1) is 13.0. The molecule has 2 amide bonds. The molecular weight excluding hydrogens is 362 g/mol. The molecule has 2 aromatic rings. The molecule has 0 saturated carbocycles. The number of carbonyl (C=O) groups excluding carboxylic acids is 2. The van der Waals surface area contributed by atoms with E-state index in [0.29, 0.717) is 13.1 Å². The van der Waals surface area contributed by atoms with Gasteiger partial charge in [-0.25, -0.2) is 4.98 Å². The number of hydrogen-bond donors (Lipinski definition) is 2. The fraction of sp³-hybridized carbons (Fsp3) is 0.421. The van der Waals surface area contributed by atoms with Crippen LogP contribution in [-0.4, -0.2) is 57.4 Å². The van der Waals surface area contributed by atoms with Crippen LogP contribution in [-0.2, 0) is 16.6 Å². The Balaban J connectivity index is 1.49. The monoisotopic (exact) mass is 387 g/mol. The van der Waals surface area contributed by atoms with Crippen LogP contribution in [0.2, 0.25) is 0 Å². The largest absolute Gasteiger partial charge is 0.336 e. The summed E-state index contributed by atoms with van der Waals surface area (Å²) in [5, 5.41) is 6.18. The zero-order valence-electron chi connectivity index (χ0n) is 15.6. The number of hydrogen-bond acceptors (Lipinski definition) is 5. The maximum Gasteiger partial charge on any atom is 0.234 e. The van der Waals surface area contributed by atoms with Crippen molar-refractivity contribution in [2.24, 2.45) is 7.05 Å². The minimum atomic E-state index is -0.0994. The molecular formula is C19H25N5O2S. The Kier molecular flexibility index (Phi) is 6.52. The normalized spacial score (nSPS) is 17.0. The fourth-order valence-corrected chi connectivity index (χ4v) is 3.78. The van der Waals surface area contributed by atoms with E-state index in [1.165, 1.54) is 11.8 Å². The second-order valence-electron chi connectivity index (χ2n) is 6.61. The van der Waals surface area contributed by atoms with Gasteiger partial charge in [0.25, 0.3) is 0 Å². The zero-order chi connectivity index (χ0) is 19.2. The van der Waals surface area contributed by atoms with E-state index in [9.17, 15) is 9.59 Å². The Bertz CT molecular complexity index is 790. The van der Waals surface area contributed by atoms with Crippen LogP contribution in [0.3, 0.4) is 0 Å².